The van der Waals surface area contributed by atoms with Crippen molar-refractivity contribution in [2.24, 2.45) is 0 Å². The lowest BCUT2D eigenvalue weighted by atomic mass is 9.81. The van der Waals surface area contributed by atoms with Gasteiger partial charge in [0.15, 0.2) is 5.76 Å². The van der Waals surface area contributed by atoms with Gasteiger partial charge >= 0.3 is 0 Å². The molecule has 2 saturated heterocycles. The van der Waals surface area contributed by atoms with Crippen LogP contribution in [0, 0.1) is 0 Å². The lowest BCUT2D eigenvalue weighted by Gasteiger charge is -2.43. The zero-order valence-corrected chi connectivity index (χ0v) is 16.3. The minimum atomic E-state index is -0.168. The SMILES string of the molecule is CNC(=O)c1ccc(CN2CCC3(CC2)C[C@H](c2ccccc2)CN3C)o1. The Kier molecular flexibility index (Phi) is 5.06. The maximum atomic E-state index is 11.6. The Morgan fingerprint density at radius 2 is 1.93 bits per heavy atom. The van der Waals surface area contributed by atoms with Gasteiger partial charge in [-0.2, -0.15) is 0 Å². The predicted molar refractivity (Wildman–Crippen MR) is 106 cm³/mol. The molecule has 144 valence electrons. The number of likely N-dealkylation sites (N-methyl/N-ethyl adjacent to an activating group) is 1. The van der Waals surface area contributed by atoms with Crippen molar-refractivity contribution in [1.29, 1.82) is 0 Å². The number of furan rings is 1. The van der Waals surface area contributed by atoms with E-state index in [9.17, 15) is 4.79 Å². The van der Waals surface area contributed by atoms with Crippen LogP contribution in [0.3, 0.4) is 0 Å². The number of carbonyl (C=O) groups excluding carboxylic acids is 1. The Morgan fingerprint density at radius 3 is 2.63 bits per heavy atom. The van der Waals surface area contributed by atoms with Crippen LogP contribution in [0.4, 0.5) is 0 Å². The molecule has 1 aromatic carbocycles. The molecule has 1 spiro atoms. The van der Waals surface area contributed by atoms with Crippen molar-refractivity contribution in [2.45, 2.75) is 37.3 Å². The molecule has 2 fully saturated rings. The number of amides is 1. The second-order valence-corrected chi connectivity index (χ2v) is 8.04. The van der Waals surface area contributed by atoms with E-state index in [4.69, 9.17) is 4.42 Å². The molecule has 1 amide bonds. The zero-order chi connectivity index (χ0) is 18.9. The standard InChI is InChI=1S/C22H29N3O2/c1-23-21(26)20-9-8-19(27-20)16-25-12-10-22(11-13-25)14-18(15-24(22)2)17-6-4-3-5-7-17/h3-9,18H,10-16H2,1-2H3,(H,23,26)/t18-/m0/s1. The fraction of sp³-hybridized carbons (Fsp3) is 0.500. The first-order valence-electron chi connectivity index (χ1n) is 9.89. The van der Waals surface area contributed by atoms with Gasteiger partial charge in [0.1, 0.15) is 5.76 Å². The Hall–Kier alpha value is -2.11. The van der Waals surface area contributed by atoms with Crippen LogP contribution < -0.4 is 5.32 Å². The number of benzene rings is 1. The summed E-state index contributed by atoms with van der Waals surface area (Å²) in [6.45, 7) is 4.07. The highest BCUT2D eigenvalue weighted by Crippen LogP contribution is 2.44. The van der Waals surface area contributed by atoms with Crippen molar-refractivity contribution in [3.8, 4) is 0 Å². The van der Waals surface area contributed by atoms with Crippen LogP contribution in [-0.4, -0.2) is 55.0 Å². The molecule has 5 heteroatoms. The third-order valence-corrected chi connectivity index (χ3v) is 6.48. The maximum absolute atomic E-state index is 11.6. The molecule has 1 atom stereocenters. The molecule has 2 aromatic rings. The smallest absolute Gasteiger partial charge is 0.286 e. The first-order valence-corrected chi connectivity index (χ1v) is 9.89. The van der Waals surface area contributed by atoms with Crippen LogP contribution in [0.1, 0.15) is 47.1 Å². The van der Waals surface area contributed by atoms with Crippen molar-refractivity contribution in [3.05, 3.63) is 59.5 Å². The molecular formula is C22H29N3O2. The van der Waals surface area contributed by atoms with E-state index < -0.39 is 0 Å². The highest BCUT2D eigenvalue weighted by Gasteiger charge is 2.45. The molecule has 0 bridgehead atoms. The van der Waals surface area contributed by atoms with Crippen molar-refractivity contribution in [1.82, 2.24) is 15.1 Å². The van der Waals surface area contributed by atoms with Gasteiger partial charge < -0.3 is 9.73 Å². The summed E-state index contributed by atoms with van der Waals surface area (Å²) in [5.74, 6) is 1.73. The molecule has 0 unspecified atom stereocenters. The fourth-order valence-electron chi connectivity index (χ4n) is 4.79. The molecule has 27 heavy (non-hydrogen) atoms. The summed E-state index contributed by atoms with van der Waals surface area (Å²) in [5.41, 5.74) is 1.80. The summed E-state index contributed by atoms with van der Waals surface area (Å²) < 4.78 is 5.69. The average Bonchev–Trinajstić information content (AvgIpc) is 3.29. The fourth-order valence-corrected chi connectivity index (χ4v) is 4.79. The average molecular weight is 367 g/mol. The number of carbonyl (C=O) groups is 1. The second kappa shape index (κ2) is 7.49. The number of likely N-dealkylation sites (tertiary alicyclic amines) is 2. The minimum Gasteiger partial charge on any atom is -0.455 e. The maximum Gasteiger partial charge on any atom is 0.286 e. The largest absolute Gasteiger partial charge is 0.455 e. The molecule has 2 aliphatic rings. The van der Waals surface area contributed by atoms with Crippen molar-refractivity contribution >= 4 is 5.91 Å². The normalized spacial score (nSPS) is 23.0. The number of piperidine rings is 1. The number of nitrogens with one attached hydrogen (secondary N) is 1. The van der Waals surface area contributed by atoms with E-state index in [0.29, 0.717) is 17.2 Å². The number of hydrogen-bond donors (Lipinski definition) is 1. The number of nitrogens with zero attached hydrogens (tertiary/aromatic N) is 2. The summed E-state index contributed by atoms with van der Waals surface area (Å²) in [7, 11) is 3.91. The van der Waals surface area contributed by atoms with E-state index >= 15 is 0 Å². The van der Waals surface area contributed by atoms with Crippen molar-refractivity contribution in [3.63, 3.8) is 0 Å². The summed E-state index contributed by atoms with van der Waals surface area (Å²) in [4.78, 5) is 16.7. The van der Waals surface area contributed by atoms with Gasteiger partial charge in [-0.25, -0.2) is 0 Å². The first-order chi connectivity index (χ1) is 13.1. The molecule has 0 saturated carbocycles. The van der Waals surface area contributed by atoms with Crippen molar-refractivity contribution in [2.75, 3.05) is 33.7 Å². The van der Waals surface area contributed by atoms with Crippen LogP contribution in [0.25, 0.3) is 0 Å². The molecule has 2 aliphatic heterocycles. The van der Waals surface area contributed by atoms with Gasteiger partial charge in [-0.15, -0.1) is 0 Å². The molecular weight excluding hydrogens is 338 g/mol. The molecule has 0 aliphatic carbocycles. The summed E-state index contributed by atoms with van der Waals surface area (Å²) in [6, 6.07) is 14.6. The Labute approximate surface area is 161 Å². The van der Waals surface area contributed by atoms with E-state index in [1.165, 1.54) is 24.8 Å². The predicted octanol–water partition coefficient (Wildman–Crippen LogP) is 3.09. The van der Waals surface area contributed by atoms with Crippen LogP contribution >= 0.6 is 0 Å². The van der Waals surface area contributed by atoms with E-state index in [1.807, 2.05) is 6.07 Å². The lowest BCUT2D eigenvalue weighted by molar-refractivity contribution is 0.0638. The summed E-state index contributed by atoms with van der Waals surface area (Å²) in [5, 5.41) is 2.60. The van der Waals surface area contributed by atoms with E-state index in [0.717, 1.165) is 31.9 Å². The third-order valence-electron chi connectivity index (χ3n) is 6.48. The Balaban J connectivity index is 1.36. The van der Waals surface area contributed by atoms with Crippen LogP contribution in [0.15, 0.2) is 46.9 Å². The second-order valence-electron chi connectivity index (χ2n) is 8.04. The quantitative estimate of drug-likeness (QED) is 0.902. The van der Waals surface area contributed by atoms with Crippen LogP contribution in [0.2, 0.25) is 0 Å². The summed E-state index contributed by atoms with van der Waals surface area (Å²) in [6.07, 6.45) is 3.63. The number of hydrogen-bond acceptors (Lipinski definition) is 4. The Morgan fingerprint density at radius 1 is 1.19 bits per heavy atom. The highest BCUT2D eigenvalue weighted by atomic mass is 16.4. The van der Waals surface area contributed by atoms with Crippen molar-refractivity contribution < 1.29 is 9.21 Å². The monoisotopic (exact) mass is 367 g/mol. The molecule has 0 radical (unpaired) electrons. The topological polar surface area (TPSA) is 48.7 Å². The van der Waals surface area contributed by atoms with Gasteiger partial charge in [0, 0.05) is 32.2 Å². The third kappa shape index (κ3) is 3.66. The van der Waals surface area contributed by atoms with E-state index in [-0.39, 0.29) is 5.91 Å². The van der Waals surface area contributed by atoms with Gasteiger partial charge in [0.25, 0.3) is 5.91 Å². The molecule has 5 nitrogen and oxygen atoms in total. The Bertz CT molecular complexity index is 778. The summed E-state index contributed by atoms with van der Waals surface area (Å²) >= 11 is 0. The molecule has 4 rings (SSSR count). The van der Waals surface area contributed by atoms with Gasteiger partial charge in [0.2, 0.25) is 0 Å². The first kappa shape index (κ1) is 18.3. The van der Waals surface area contributed by atoms with E-state index in [2.05, 4.69) is 52.5 Å². The molecule has 1 aromatic heterocycles. The molecule has 1 N–H and O–H groups in total. The molecule has 3 heterocycles. The number of rotatable bonds is 4. The zero-order valence-electron chi connectivity index (χ0n) is 16.3. The van der Waals surface area contributed by atoms with Crippen LogP contribution in [0.5, 0.6) is 0 Å². The lowest BCUT2D eigenvalue weighted by Crippen LogP contribution is -2.50. The van der Waals surface area contributed by atoms with Crippen LogP contribution in [-0.2, 0) is 6.54 Å². The van der Waals surface area contributed by atoms with Gasteiger partial charge in [-0.05, 0) is 49.9 Å². The van der Waals surface area contributed by atoms with Gasteiger partial charge in [-0.3, -0.25) is 14.6 Å². The van der Waals surface area contributed by atoms with E-state index in [1.54, 1.807) is 13.1 Å². The van der Waals surface area contributed by atoms with Gasteiger partial charge in [-0.1, -0.05) is 30.3 Å². The van der Waals surface area contributed by atoms with Gasteiger partial charge in [0.05, 0.1) is 6.54 Å². The minimum absolute atomic E-state index is 0.168. The highest BCUT2D eigenvalue weighted by molar-refractivity contribution is 5.91.